The van der Waals surface area contributed by atoms with Gasteiger partial charge in [-0.05, 0) is 55.1 Å². The van der Waals surface area contributed by atoms with Gasteiger partial charge in [0.05, 0.1) is 5.92 Å². The lowest BCUT2D eigenvalue weighted by Gasteiger charge is -2.27. The van der Waals surface area contributed by atoms with E-state index in [1.54, 1.807) is 0 Å². The van der Waals surface area contributed by atoms with Gasteiger partial charge < -0.3 is 11.1 Å². The summed E-state index contributed by atoms with van der Waals surface area (Å²) in [6.45, 7) is 4.27. The zero-order valence-corrected chi connectivity index (χ0v) is 13.1. The number of aryl methyl sites for hydroxylation is 2. The molecule has 3 rings (SSSR count). The Morgan fingerprint density at radius 1 is 1.19 bits per heavy atom. The SMILES string of the molecule is CCc1cccc(CC)c1NC(=O)C1C2CCC(C2)C1N. The Morgan fingerprint density at radius 2 is 1.81 bits per heavy atom. The highest BCUT2D eigenvalue weighted by Crippen LogP contribution is 2.48. The number of hydrogen-bond acceptors (Lipinski definition) is 2. The molecule has 2 saturated carbocycles. The summed E-state index contributed by atoms with van der Waals surface area (Å²) in [5.41, 5.74) is 9.77. The van der Waals surface area contributed by atoms with Gasteiger partial charge in [0.25, 0.3) is 0 Å². The lowest BCUT2D eigenvalue weighted by atomic mass is 9.84. The number of para-hydroxylation sites is 1. The number of carbonyl (C=O) groups excluding carboxylic acids is 1. The number of benzene rings is 1. The first-order valence-corrected chi connectivity index (χ1v) is 8.32. The summed E-state index contributed by atoms with van der Waals surface area (Å²) < 4.78 is 0. The van der Waals surface area contributed by atoms with E-state index in [4.69, 9.17) is 5.73 Å². The second-order valence-electron chi connectivity index (χ2n) is 6.58. The van der Waals surface area contributed by atoms with Gasteiger partial charge >= 0.3 is 0 Å². The minimum atomic E-state index is 0.0124. The van der Waals surface area contributed by atoms with E-state index in [1.807, 2.05) is 0 Å². The van der Waals surface area contributed by atoms with Gasteiger partial charge in [-0.15, -0.1) is 0 Å². The monoisotopic (exact) mass is 286 g/mol. The number of nitrogens with two attached hydrogens (primary N) is 1. The second kappa shape index (κ2) is 5.80. The molecule has 2 fully saturated rings. The molecular formula is C18H26N2O. The zero-order valence-electron chi connectivity index (χ0n) is 13.1. The first-order chi connectivity index (χ1) is 10.2. The average Bonchev–Trinajstić information content (AvgIpc) is 3.08. The molecule has 0 aromatic heterocycles. The van der Waals surface area contributed by atoms with Crippen molar-refractivity contribution in [2.24, 2.45) is 23.5 Å². The van der Waals surface area contributed by atoms with Crippen molar-refractivity contribution >= 4 is 11.6 Å². The number of anilines is 1. The van der Waals surface area contributed by atoms with Crippen LogP contribution in [0.25, 0.3) is 0 Å². The summed E-state index contributed by atoms with van der Waals surface area (Å²) in [7, 11) is 0. The van der Waals surface area contributed by atoms with Gasteiger partial charge in [-0.25, -0.2) is 0 Å². The highest BCUT2D eigenvalue weighted by Gasteiger charge is 2.49. The Labute approximate surface area is 127 Å². The zero-order chi connectivity index (χ0) is 15.0. The summed E-state index contributed by atoms with van der Waals surface area (Å²) in [6, 6.07) is 6.35. The van der Waals surface area contributed by atoms with E-state index in [2.05, 4.69) is 37.4 Å². The highest BCUT2D eigenvalue weighted by atomic mass is 16.2. The van der Waals surface area contributed by atoms with Crippen molar-refractivity contribution in [1.82, 2.24) is 0 Å². The Hall–Kier alpha value is -1.35. The van der Waals surface area contributed by atoms with Gasteiger partial charge in [0, 0.05) is 11.7 Å². The van der Waals surface area contributed by atoms with E-state index in [9.17, 15) is 4.79 Å². The number of carbonyl (C=O) groups is 1. The molecular weight excluding hydrogens is 260 g/mol. The highest BCUT2D eigenvalue weighted by molar-refractivity contribution is 5.95. The van der Waals surface area contributed by atoms with Crippen LogP contribution in [-0.2, 0) is 17.6 Å². The molecule has 21 heavy (non-hydrogen) atoms. The van der Waals surface area contributed by atoms with Crippen LogP contribution in [-0.4, -0.2) is 11.9 Å². The van der Waals surface area contributed by atoms with Crippen LogP contribution in [0.2, 0.25) is 0 Å². The second-order valence-corrected chi connectivity index (χ2v) is 6.58. The van der Waals surface area contributed by atoms with Crippen molar-refractivity contribution in [3.63, 3.8) is 0 Å². The first kappa shape index (κ1) is 14.6. The molecule has 3 nitrogen and oxygen atoms in total. The fraction of sp³-hybridized carbons (Fsp3) is 0.611. The van der Waals surface area contributed by atoms with E-state index < -0.39 is 0 Å². The topological polar surface area (TPSA) is 55.1 Å². The Balaban J connectivity index is 1.82. The number of rotatable bonds is 4. The Kier molecular flexibility index (Phi) is 4.03. The molecule has 2 bridgehead atoms. The standard InChI is InChI=1S/C18H26N2O/c1-3-11-6-5-7-12(4-2)17(11)20-18(21)15-13-8-9-14(10-13)16(15)19/h5-7,13-16H,3-4,8-10,19H2,1-2H3,(H,20,21). The molecule has 0 heterocycles. The number of nitrogens with one attached hydrogen (secondary N) is 1. The van der Waals surface area contributed by atoms with Crippen LogP contribution in [0.3, 0.4) is 0 Å². The van der Waals surface area contributed by atoms with Gasteiger partial charge in [0.1, 0.15) is 0 Å². The van der Waals surface area contributed by atoms with E-state index in [0.29, 0.717) is 11.8 Å². The van der Waals surface area contributed by atoms with Crippen molar-refractivity contribution in [2.45, 2.75) is 52.0 Å². The average molecular weight is 286 g/mol. The van der Waals surface area contributed by atoms with Crippen molar-refractivity contribution in [3.05, 3.63) is 29.3 Å². The fourth-order valence-electron chi connectivity index (χ4n) is 4.33. The van der Waals surface area contributed by atoms with Crippen molar-refractivity contribution in [3.8, 4) is 0 Å². The maximum atomic E-state index is 12.8. The minimum absolute atomic E-state index is 0.0124. The molecule has 2 aliphatic carbocycles. The molecule has 3 N–H and O–H groups in total. The quantitative estimate of drug-likeness (QED) is 0.893. The van der Waals surface area contributed by atoms with E-state index in [-0.39, 0.29) is 17.9 Å². The van der Waals surface area contributed by atoms with Crippen LogP contribution in [0, 0.1) is 17.8 Å². The predicted molar refractivity (Wildman–Crippen MR) is 86.1 cm³/mol. The van der Waals surface area contributed by atoms with Gasteiger partial charge in [0.15, 0.2) is 0 Å². The van der Waals surface area contributed by atoms with Crippen LogP contribution >= 0.6 is 0 Å². The summed E-state index contributed by atoms with van der Waals surface area (Å²) in [5, 5.41) is 3.22. The molecule has 1 amide bonds. The normalized spacial score (nSPS) is 30.6. The maximum Gasteiger partial charge on any atom is 0.229 e. The van der Waals surface area contributed by atoms with Crippen molar-refractivity contribution in [2.75, 3.05) is 5.32 Å². The molecule has 2 aliphatic rings. The van der Waals surface area contributed by atoms with Crippen LogP contribution in [0.5, 0.6) is 0 Å². The van der Waals surface area contributed by atoms with Crippen LogP contribution < -0.4 is 11.1 Å². The Morgan fingerprint density at radius 3 is 2.33 bits per heavy atom. The van der Waals surface area contributed by atoms with Crippen LogP contribution in [0.1, 0.15) is 44.2 Å². The molecule has 114 valence electrons. The third kappa shape index (κ3) is 2.48. The number of hydrogen-bond donors (Lipinski definition) is 2. The van der Waals surface area contributed by atoms with Gasteiger partial charge in [0.2, 0.25) is 5.91 Å². The number of fused-ring (bicyclic) bond motifs is 2. The molecule has 4 atom stereocenters. The smallest absolute Gasteiger partial charge is 0.229 e. The van der Waals surface area contributed by atoms with Gasteiger partial charge in [-0.1, -0.05) is 32.0 Å². The molecule has 0 aliphatic heterocycles. The largest absolute Gasteiger partial charge is 0.327 e. The first-order valence-electron chi connectivity index (χ1n) is 8.32. The molecule has 0 spiro atoms. The molecule has 1 aromatic carbocycles. The summed E-state index contributed by atoms with van der Waals surface area (Å²) in [6.07, 6.45) is 5.40. The van der Waals surface area contributed by atoms with Gasteiger partial charge in [-0.3, -0.25) is 4.79 Å². The molecule has 4 unspecified atom stereocenters. The maximum absolute atomic E-state index is 12.8. The minimum Gasteiger partial charge on any atom is -0.327 e. The molecule has 0 radical (unpaired) electrons. The third-order valence-electron chi connectivity index (χ3n) is 5.53. The summed E-state index contributed by atoms with van der Waals surface area (Å²) in [5.74, 6) is 1.23. The van der Waals surface area contributed by atoms with Crippen molar-refractivity contribution in [1.29, 1.82) is 0 Å². The van der Waals surface area contributed by atoms with Gasteiger partial charge in [-0.2, -0.15) is 0 Å². The lowest BCUT2D eigenvalue weighted by Crippen LogP contribution is -2.42. The lowest BCUT2D eigenvalue weighted by molar-refractivity contribution is -0.121. The molecule has 3 heteroatoms. The van der Waals surface area contributed by atoms with E-state index in [0.717, 1.165) is 24.9 Å². The Bertz CT molecular complexity index is 516. The van der Waals surface area contributed by atoms with Crippen LogP contribution in [0.15, 0.2) is 18.2 Å². The number of amides is 1. The van der Waals surface area contributed by atoms with E-state index >= 15 is 0 Å². The molecule has 0 saturated heterocycles. The van der Waals surface area contributed by atoms with Crippen LogP contribution in [0.4, 0.5) is 5.69 Å². The predicted octanol–water partition coefficient (Wildman–Crippen LogP) is 3.12. The van der Waals surface area contributed by atoms with E-state index in [1.165, 1.54) is 24.0 Å². The fourth-order valence-corrected chi connectivity index (χ4v) is 4.33. The summed E-state index contributed by atoms with van der Waals surface area (Å²) in [4.78, 5) is 12.8. The van der Waals surface area contributed by atoms with Crippen molar-refractivity contribution < 1.29 is 4.79 Å². The third-order valence-corrected chi connectivity index (χ3v) is 5.53. The summed E-state index contributed by atoms with van der Waals surface area (Å²) >= 11 is 0. The molecule has 1 aromatic rings.